The van der Waals surface area contributed by atoms with Gasteiger partial charge in [-0.3, -0.25) is 37.3 Å². The number of phosphoric acid groups is 2. The number of carbonyl (C=O) groups excluding carboxylic acids is 4. The van der Waals surface area contributed by atoms with Crippen molar-refractivity contribution in [1.82, 2.24) is 0 Å². The molecule has 0 rings (SSSR count). The standard InChI is InChI=1S/C64H120O17P2/c1-6-10-13-16-19-21-22-23-24-25-26-28-35-40-45-50-64(69)81-60(54-75-62(67)48-43-38-33-30-29-32-36-41-46-57(5)9-4)56-79-83(72,73)77-52-58(65)51-76-82(70,71)78-55-59(53-74-61(66)47-42-37-31-18-15-12-8-3)80-63(68)49-44-39-34-27-20-17-14-11-7-2/h21-24,57-60,65H,6-20,25-56H2,1-5H3,(H,70,71)(H,72,73)/b22-21-,24-23-/t57?,58-,59+,60+/m0/s1. The number of aliphatic hydroxyl groups excluding tert-OH is 1. The van der Waals surface area contributed by atoms with Gasteiger partial charge in [0.25, 0.3) is 0 Å². The number of unbranched alkanes of at least 4 members (excludes halogenated alkanes) is 30. The minimum absolute atomic E-state index is 0.0845. The van der Waals surface area contributed by atoms with Gasteiger partial charge in [-0.05, 0) is 57.3 Å². The van der Waals surface area contributed by atoms with Crippen molar-refractivity contribution in [1.29, 1.82) is 0 Å². The number of aliphatic hydroxyl groups is 1. The summed E-state index contributed by atoms with van der Waals surface area (Å²) in [4.78, 5) is 72.0. The zero-order valence-electron chi connectivity index (χ0n) is 52.8. The Hall–Kier alpha value is -2.46. The van der Waals surface area contributed by atoms with Crippen LogP contribution in [-0.4, -0.2) is 96.7 Å². The lowest BCUT2D eigenvalue weighted by molar-refractivity contribution is -0.161. The van der Waals surface area contributed by atoms with E-state index in [9.17, 15) is 43.2 Å². The van der Waals surface area contributed by atoms with Crippen molar-refractivity contribution < 1.29 is 80.2 Å². The van der Waals surface area contributed by atoms with Gasteiger partial charge in [-0.2, -0.15) is 0 Å². The third-order valence-corrected chi connectivity index (χ3v) is 16.4. The average Bonchev–Trinajstić information content (AvgIpc) is 3.47. The number of rotatable bonds is 62. The van der Waals surface area contributed by atoms with Gasteiger partial charge in [-0.15, -0.1) is 0 Å². The number of ether oxygens (including phenoxy) is 4. The normalized spacial score (nSPS) is 14.7. The summed E-state index contributed by atoms with van der Waals surface area (Å²) in [5, 5.41) is 10.5. The molecular weight excluding hydrogens is 1100 g/mol. The number of esters is 4. The molecule has 83 heavy (non-hydrogen) atoms. The van der Waals surface area contributed by atoms with Crippen LogP contribution in [0.3, 0.4) is 0 Å². The summed E-state index contributed by atoms with van der Waals surface area (Å²) in [5.41, 5.74) is 0. The van der Waals surface area contributed by atoms with Crippen molar-refractivity contribution in [3.8, 4) is 0 Å². The molecule has 0 fully saturated rings. The highest BCUT2D eigenvalue weighted by atomic mass is 31.2. The second-order valence-corrected chi connectivity index (χ2v) is 25.6. The van der Waals surface area contributed by atoms with Crippen LogP contribution in [0.15, 0.2) is 24.3 Å². The van der Waals surface area contributed by atoms with Crippen LogP contribution in [0.5, 0.6) is 0 Å². The molecule has 3 N–H and O–H groups in total. The predicted molar refractivity (Wildman–Crippen MR) is 331 cm³/mol. The molecule has 0 saturated carbocycles. The van der Waals surface area contributed by atoms with Crippen LogP contribution in [0, 0.1) is 5.92 Å². The van der Waals surface area contributed by atoms with E-state index in [1.807, 2.05) is 0 Å². The van der Waals surface area contributed by atoms with Gasteiger partial charge in [0.05, 0.1) is 26.4 Å². The van der Waals surface area contributed by atoms with E-state index in [-0.39, 0.29) is 25.7 Å². The van der Waals surface area contributed by atoms with Crippen molar-refractivity contribution >= 4 is 39.5 Å². The van der Waals surface area contributed by atoms with E-state index >= 15 is 0 Å². The molecular formula is C64H120O17P2. The second kappa shape index (κ2) is 57.3. The Kier molecular flexibility index (Phi) is 55.6. The zero-order chi connectivity index (χ0) is 61.3. The van der Waals surface area contributed by atoms with Crippen LogP contribution in [0.25, 0.3) is 0 Å². The third kappa shape index (κ3) is 57.1. The topological polar surface area (TPSA) is 237 Å². The summed E-state index contributed by atoms with van der Waals surface area (Å²) in [5.74, 6) is -1.39. The Morgan fingerprint density at radius 2 is 0.675 bits per heavy atom. The maximum Gasteiger partial charge on any atom is 0.472 e. The fourth-order valence-corrected chi connectivity index (χ4v) is 10.6. The van der Waals surface area contributed by atoms with Gasteiger partial charge >= 0.3 is 39.5 Å². The van der Waals surface area contributed by atoms with E-state index in [4.69, 9.17) is 37.0 Å². The van der Waals surface area contributed by atoms with Gasteiger partial charge in [0, 0.05) is 25.7 Å². The van der Waals surface area contributed by atoms with Gasteiger partial charge in [0.15, 0.2) is 12.2 Å². The predicted octanol–water partition coefficient (Wildman–Crippen LogP) is 17.3. The first-order valence-corrected chi connectivity index (χ1v) is 36.0. The monoisotopic (exact) mass is 1220 g/mol. The van der Waals surface area contributed by atoms with Gasteiger partial charge in [0.1, 0.15) is 19.3 Å². The Labute approximate surface area is 503 Å². The fourth-order valence-electron chi connectivity index (χ4n) is 9.01. The number of hydrogen-bond donors (Lipinski definition) is 3. The highest BCUT2D eigenvalue weighted by Crippen LogP contribution is 2.45. The van der Waals surface area contributed by atoms with Crippen molar-refractivity contribution in [2.24, 2.45) is 5.92 Å². The molecule has 0 aliphatic carbocycles. The third-order valence-electron chi connectivity index (χ3n) is 14.5. The first-order chi connectivity index (χ1) is 40.1. The Morgan fingerprint density at radius 3 is 1.02 bits per heavy atom. The molecule has 0 radical (unpaired) electrons. The molecule has 0 aromatic heterocycles. The van der Waals surface area contributed by atoms with Crippen LogP contribution in [0.4, 0.5) is 0 Å². The first-order valence-electron chi connectivity index (χ1n) is 33.0. The van der Waals surface area contributed by atoms with E-state index in [1.54, 1.807) is 0 Å². The molecule has 3 unspecified atom stereocenters. The number of phosphoric ester groups is 2. The maximum absolute atomic E-state index is 13.0. The van der Waals surface area contributed by atoms with E-state index in [1.165, 1.54) is 96.3 Å². The van der Waals surface area contributed by atoms with Crippen LogP contribution >= 0.6 is 15.6 Å². The van der Waals surface area contributed by atoms with Gasteiger partial charge in [-0.1, -0.05) is 245 Å². The lowest BCUT2D eigenvalue weighted by Crippen LogP contribution is -2.30. The molecule has 0 aliphatic heterocycles. The van der Waals surface area contributed by atoms with Crippen LogP contribution in [-0.2, 0) is 65.4 Å². The minimum Gasteiger partial charge on any atom is -0.462 e. The number of carbonyl (C=O) groups is 4. The summed E-state index contributed by atoms with van der Waals surface area (Å²) in [7, 11) is -9.89. The molecule has 0 heterocycles. The Bertz CT molecular complexity index is 1710. The summed E-state index contributed by atoms with van der Waals surface area (Å²) in [6, 6.07) is 0. The molecule has 488 valence electrons. The molecule has 0 aliphatic rings. The quantitative estimate of drug-likeness (QED) is 0.0169. The van der Waals surface area contributed by atoms with E-state index < -0.39 is 97.5 Å². The number of allylic oxidation sites excluding steroid dienone is 4. The summed E-state index contributed by atoms with van der Waals surface area (Å²) < 4.78 is 67.8. The second-order valence-electron chi connectivity index (χ2n) is 22.7. The average molecular weight is 1220 g/mol. The summed E-state index contributed by atoms with van der Waals surface area (Å²) >= 11 is 0. The van der Waals surface area contributed by atoms with Crippen molar-refractivity contribution in [3.63, 3.8) is 0 Å². The first kappa shape index (κ1) is 80.5. The van der Waals surface area contributed by atoms with Gasteiger partial charge < -0.3 is 33.8 Å². The maximum atomic E-state index is 13.0. The van der Waals surface area contributed by atoms with Crippen molar-refractivity contribution in [3.05, 3.63) is 24.3 Å². The lowest BCUT2D eigenvalue weighted by Gasteiger charge is -2.21. The molecule has 0 bridgehead atoms. The minimum atomic E-state index is -4.95. The molecule has 0 amide bonds. The molecule has 0 saturated heterocycles. The van der Waals surface area contributed by atoms with Crippen LogP contribution in [0.2, 0.25) is 0 Å². The summed E-state index contributed by atoms with van der Waals surface area (Å²) in [6.45, 7) is 7.07. The van der Waals surface area contributed by atoms with Gasteiger partial charge in [0.2, 0.25) is 0 Å². The molecule has 17 nitrogen and oxygen atoms in total. The Balaban J connectivity index is 5.25. The van der Waals surface area contributed by atoms with Crippen LogP contribution < -0.4 is 0 Å². The summed E-state index contributed by atoms with van der Waals surface area (Å²) in [6.07, 6.45) is 44.0. The zero-order valence-corrected chi connectivity index (χ0v) is 54.6. The smallest absolute Gasteiger partial charge is 0.462 e. The largest absolute Gasteiger partial charge is 0.472 e. The lowest BCUT2D eigenvalue weighted by atomic mass is 9.99. The van der Waals surface area contributed by atoms with E-state index in [0.717, 1.165) is 121 Å². The molecule has 0 aromatic carbocycles. The fraction of sp³-hybridized carbons (Fsp3) is 0.875. The highest BCUT2D eigenvalue weighted by molar-refractivity contribution is 7.47. The molecule has 0 aromatic rings. The van der Waals surface area contributed by atoms with Crippen LogP contribution in [0.1, 0.15) is 298 Å². The van der Waals surface area contributed by atoms with Crippen molar-refractivity contribution in [2.45, 2.75) is 316 Å². The molecule has 6 atom stereocenters. The molecule has 19 heteroatoms. The molecule has 0 spiro atoms. The highest BCUT2D eigenvalue weighted by Gasteiger charge is 2.30. The van der Waals surface area contributed by atoms with Crippen molar-refractivity contribution in [2.75, 3.05) is 39.6 Å². The Morgan fingerprint density at radius 1 is 0.386 bits per heavy atom. The van der Waals surface area contributed by atoms with E-state index in [2.05, 4.69) is 58.9 Å². The van der Waals surface area contributed by atoms with E-state index in [0.29, 0.717) is 25.7 Å². The van der Waals surface area contributed by atoms with Gasteiger partial charge in [-0.25, -0.2) is 9.13 Å². The number of hydrogen-bond acceptors (Lipinski definition) is 15. The SMILES string of the molecule is CCCCCC/C=C\C=C/CCCCCCCC(=O)O[C@H](COC(=O)CCCCCCCCCCC(C)CC)COP(=O)(O)OC[C@@H](O)COP(=O)(O)OC[C@@H](COC(=O)CCCCCCCCC)OC(=O)CCCCCCCCCCC.